The summed E-state index contributed by atoms with van der Waals surface area (Å²) in [6, 6.07) is 0. The quantitative estimate of drug-likeness (QED) is 0.692. The lowest BCUT2D eigenvalue weighted by Gasteiger charge is -2.08. The van der Waals surface area contributed by atoms with Gasteiger partial charge < -0.3 is 10.1 Å². The van der Waals surface area contributed by atoms with Crippen molar-refractivity contribution >= 4 is 6.09 Å². The molecule has 0 rings (SSSR count). The Morgan fingerprint density at radius 3 is 2.67 bits per heavy atom. The summed E-state index contributed by atoms with van der Waals surface area (Å²) in [6.45, 7) is 7.28. The Morgan fingerprint density at radius 1 is 1.50 bits per heavy atom. The Morgan fingerprint density at radius 2 is 2.17 bits per heavy atom. The maximum absolute atomic E-state index is 10.8. The molecule has 1 atom stereocenters. The molecule has 0 spiro atoms. The average Bonchev–Trinajstić information content (AvgIpc) is 2.04. The Balaban J connectivity index is 3.24. The lowest BCUT2D eigenvalue weighted by molar-refractivity contribution is 0.151. The highest BCUT2D eigenvalue weighted by atomic mass is 16.5. The molecule has 1 unspecified atom stereocenters. The van der Waals surface area contributed by atoms with Gasteiger partial charge in [0.1, 0.15) is 0 Å². The van der Waals surface area contributed by atoms with Gasteiger partial charge in [0.05, 0.1) is 6.61 Å². The second kappa shape index (κ2) is 6.95. The van der Waals surface area contributed by atoms with Gasteiger partial charge in [-0.05, 0) is 19.3 Å². The van der Waals surface area contributed by atoms with Crippen LogP contribution in [0.5, 0.6) is 0 Å². The molecule has 0 aromatic heterocycles. The molecule has 0 radical (unpaired) electrons. The van der Waals surface area contributed by atoms with E-state index in [1.807, 2.05) is 0 Å². The van der Waals surface area contributed by atoms with Crippen molar-refractivity contribution in [1.82, 2.24) is 5.32 Å². The Hall–Kier alpha value is -0.730. The largest absolute Gasteiger partial charge is 0.450 e. The molecular weight excluding hydrogens is 154 g/mol. The van der Waals surface area contributed by atoms with Gasteiger partial charge in [0, 0.05) is 6.54 Å². The summed E-state index contributed by atoms with van der Waals surface area (Å²) in [6.07, 6.45) is 1.88. The highest BCUT2D eigenvalue weighted by molar-refractivity contribution is 5.66. The van der Waals surface area contributed by atoms with Crippen LogP contribution in [0.2, 0.25) is 0 Å². The molecule has 3 nitrogen and oxygen atoms in total. The van der Waals surface area contributed by atoms with Crippen molar-refractivity contribution in [3.05, 3.63) is 0 Å². The van der Waals surface area contributed by atoms with E-state index < -0.39 is 0 Å². The Labute approximate surface area is 74.5 Å². The fourth-order valence-corrected chi connectivity index (χ4v) is 0.807. The maximum atomic E-state index is 10.8. The fraction of sp³-hybridized carbons (Fsp3) is 0.889. The first kappa shape index (κ1) is 11.3. The third-order valence-electron chi connectivity index (χ3n) is 1.88. The predicted molar refractivity (Wildman–Crippen MR) is 49.1 cm³/mol. The van der Waals surface area contributed by atoms with E-state index in [1.165, 1.54) is 0 Å². The normalized spacial score (nSPS) is 12.2. The molecule has 12 heavy (non-hydrogen) atoms. The minimum Gasteiger partial charge on any atom is -0.450 e. The van der Waals surface area contributed by atoms with Crippen molar-refractivity contribution in [2.45, 2.75) is 33.6 Å². The van der Waals surface area contributed by atoms with Gasteiger partial charge in [-0.25, -0.2) is 4.79 Å². The molecule has 0 saturated heterocycles. The molecule has 0 aliphatic heterocycles. The first-order chi connectivity index (χ1) is 5.70. The summed E-state index contributed by atoms with van der Waals surface area (Å²) in [5, 5.41) is 2.69. The van der Waals surface area contributed by atoms with Crippen molar-refractivity contribution < 1.29 is 9.53 Å². The van der Waals surface area contributed by atoms with Crippen molar-refractivity contribution in [1.29, 1.82) is 0 Å². The topological polar surface area (TPSA) is 38.3 Å². The van der Waals surface area contributed by atoms with Crippen LogP contribution >= 0.6 is 0 Å². The van der Waals surface area contributed by atoms with Gasteiger partial charge in [0.25, 0.3) is 0 Å². The number of rotatable bonds is 5. The van der Waals surface area contributed by atoms with Crippen LogP contribution in [0, 0.1) is 5.92 Å². The minimum atomic E-state index is -0.305. The monoisotopic (exact) mass is 173 g/mol. The van der Waals surface area contributed by atoms with Crippen molar-refractivity contribution in [3.63, 3.8) is 0 Å². The van der Waals surface area contributed by atoms with E-state index in [2.05, 4.69) is 19.2 Å². The number of alkyl carbamates (subject to hydrolysis) is 1. The van der Waals surface area contributed by atoms with E-state index in [-0.39, 0.29) is 6.09 Å². The number of hydrogen-bond donors (Lipinski definition) is 1. The van der Waals surface area contributed by atoms with Gasteiger partial charge in [0.15, 0.2) is 0 Å². The number of carbonyl (C=O) groups excluding carboxylic acids is 1. The lowest BCUT2D eigenvalue weighted by atomic mass is 10.1. The molecule has 0 aliphatic carbocycles. The summed E-state index contributed by atoms with van der Waals surface area (Å²) < 4.78 is 4.71. The highest BCUT2D eigenvalue weighted by Crippen LogP contribution is 2.04. The molecule has 1 N–H and O–H groups in total. The summed E-state index contributed by atoms with van der Waals surface area (Å²) in [7, 11) is 0. The number of hydrogen-bond acceptors (Lipinski definition) is 2. The van der Waals surface area contributed by atoms with Crippen LogP contribution in [-0.4, -0.2) is 19.2 Å². The SMILES string of the molecule is CCOC(=O)NCCC(C)CC. The van der Waals surface area contributed by atoms with Gasteiger partial charge in [-0.3, -0.25) is 0 Å². The molecule has 0 fully saturated rings. The van der Waals surface area contributed by atoms with E-state index in [0.29, 0.717) is 19.1 Å². The van der Waals surface area contributed by atoms with Crippen molar-refractivity contribution in [2.75, 3.05) is 13.2 Å². The van der Waals surface area contributed by atoms with Crippen LogP contribution in [-0.2, 0) is 4.74 Å². The molecular formula is C9H19NO2. The molecule has 3 heteroatoms. The van der Waals surface area contributed by atoms with E-state index in [1.54, 1.807) is 6.92 Å². The molecule has 0 aliphatic rings. The summed E-state index contributed by atoms with van der Waals surface area (Å²) in [5.41, 5.74) is 0. The smallest absolute Gasteiger partial charge is 0.407 e. The standard InChI is InChI=1S/C9H19NO2/c1-4-8(3)6-7-10-9(11)12-5-2/h8H,4-7H2,1-3H3,(H,10,11). The van der Waals surface area contributed by atoms with Crippen LogP contribution in [0.4, 0.5) is 4.79 Å². The van der Waals surface area contributed by atoms with Gasteiger partial charge in [-0.15, -0.1) is 0 Å². The van der Waals surface area contributed by atoms with Crippen LogP contribution < -0.4 is 5.32 Å². The van der Waals surface area contributed by atoms with E-state index >= 15 is 0 Å². The Kier molecular flexibility index (Phi) is 6.53. The second-order valence-corrected chi connectivity index (χ2v) is 2.95. The van der Waals surface area contributed by atoms with Crippen molar-refractivity contribution in [3.8, 4) is 0 Å². The van der Waals surface area contributed by atoms with E-state index in [0.717, 1.165) is 12.8 Å². The predicted octanol–water partition coefficient (Wildman–Crippen LogP) is 2.17. The van der Waals surface area contributed by atoms with Gasteiger partial charge in [-0.2, -0.15) is 0 Å². The first-order valence-corrected chi connectivity index (χ1v) is 4.61. The molecule has 1 amide bonds. The van der Waals surface area contributed by atoms with E-state index in [9.17, 15) is 4.79 Å². The zero-order chi connectivity index (χ0) is 9.40. The first-order valence-electron chi connectivity index (χ1n) is 4.61. The van der Waals surface area contributed by atoms with Crippen LogP contribution in [0.15, 0.2) is 0 Å². The van der Waals surface area contributed by atoms with E-state index in [4.69, 9.17) is 4.74 Å². The number of ether oxygens (including phenoxy) is 1. The third kappa shape index (κ3) is 6.01. The third-order valence-corrected chi connectivity index (χ3v) is 1.88. The summed E-state index contributed by atoms with van der Waals surface area (Å²) in [4.78, 5) is 10.8. The molecule has 0 bridgehead atoms. The number of carbonyl (C=O) groups is 1. The van der Waals surface area contributed by atoms with Crippen molar-refractivity contribution in [2.24, 2.45) is 5.92 Å². The maximum Gasteiger partial charge on any atom is 0.407 e. The molecule has 0 saturated carbocycles. The van der Waals surface area contributed by atoms with Gasteiger partial charge in [-0.1, -0.05) is 20.3 Å². The second-order valence-electron chi connectivity index (χ2n) is 2.95. The molecule has 0 aromatic carbocycles. The molecule has 72 valence electrons. The van der Waals surface area contributed by atoms with Crippen LogP contribution in [0.1, 0.15) is 33.6 Å². The van der Waals surface area contributed by atoms with Gasteiger partial charge >= 0.3 is 6.09 Å². The summed E-state index contributed by atoms with van der Waals surface area (Å²) in [5.74, 6) is 0.673. The fourth-order valence-electron chi connectivity index (χ4n) is 0.807. The molecule has 0 heterocycles. The van der Waals surface area contributed by atoms with Crippen LogP contribution in [0.3, 0.4) is 0 Å². The average molecular weight is 173 g/mol. The van der Waals surface area contributed by atoms with Crippen LogP contribution in [0.25, 0.3) is 0 Å². The Bertz CT molecular complexity index is 126. The lowest BCUT2D eigenvalue weighted by Crippen LogP contribution is -2.26. The zero-order valence-corrected chi connectivity index (χ0v) is 8.22. The number of nitrogens with one attached hydrogen (secondary N) is 1. The number of amides is 1. The highest BCUT2D eigenvalue weighted by Gasteiger charge is 2.01. The summed E-state index contributed by atoms with van der Waals surface area (Å²) >= 11 is 0. The zero-order valence-electron chi connectivity index (χ0n) is 8.22. The minimum absolute atomic E-state index is 0.305. The molecule has 0 aromatic rings. The van der Waals surface area contributed by atoms with Gasteiger partial charge in [0.2, 0.25) is 0 Å².